The molecule has 2 nitrogen and oxygen atoms in total. The minimum atomic E-state index is 0.677. The number of aryl methyl sites for hydroxylation is 1. The lowest BCUT2D eigenvalue weighted by Crippen LogP contribution is -2.05. The zero-order valence-electron chi connectivity index (χ0n) is 6.58. The maximum atomic E-state index is 8.64. The van der Waals surface area contributed by atoms with E-state index in [9.17, 15) is 0 Å². The average molecular weight is 176 g/mol. The molecule has 0 N–H and O–H groups in total. The Bertz CT molecular complexity index is 341. The van der Waals surface area contributed by atoms with Crippen LogP contribution >= 0.6 is 11.8 Å². The van der Waals surface area contributed by atoms with Crippen LogP contribution in [0.15, 0.2) is 12.3 Å². The summed E-state index contributed by atoms with van der Waals surface area (Å²) in [6, 6.07) is 4.06. The third-order valence-electron chi connectivity index (χ3n) is 1.93. The normalized spacial score (nSPS) is 14.9. The van der Waals surface area contributed by atoms with Crippen LogP contribution in [-0.4, -0.2) is 10.7 Å². The highest BCUT2D eigenvalue weighted by Crippen LogP contribution is 2.23. The molecule has 1 aliphatic heterocycles. The molecule has 0 bridgehead atoms. The zero-order chi connectivity index (χ0) is 8.39. The maximum Gasteiger partial charge on any atom is 0.101 e. The van der Waals surface area contributed by atoms with Crippen molar-refractivity contribution in [1.29, 1.82) is 5.26 Å². The molecule has 0 saturated carbocycles. The number of nitrogens with zero attached hydrogens (tertiary/aromatic N) is 2. The van der Waals surface area contributed by atoms with Gasteiger partial charge in [0, 0.05) is 17.6 Å². The fourth-order valence-electron chi connectivity index (χ4n) is 1.30. The largest absolute Gasteiger partial charge is 0.260 e. The van der Waals surface area contributed by atoms with Gasteiger partial charge in [0.25, 0.3) is 0 Å². The number of pyridine rings is 1. The van der Waals surface area contributed by atoms with Crippen LogP contribution in [0.1, 0.15) is 16.8 Å². The van der Waals surface area contributed by atoms with E-state index in [1.165, 1.54) is 11.3 Å². The summed E-state index contributed by atoms with van der Waals surface area (Å²) in [5, 5.41) is 8.64. The van der Waals surface area contributed by atoms with Gasteiger partial charge in [0.2, 0.25) is 0 Å². The lowest BCUT2D eigenvalue weighted by atomic mass is 10.1. The van der Waals surface area contributed by atoms with E-state index < -0.39 is 0 Å². The van der Waals surface area contributed by atoms with E-state index in [0.717, 1.165) is 17.9 Å². The van der Waals surface area contributed by atoms with Gasteiger partial charge >= 0.3 is 0 Å². The molecule has 60 valence electrons. The Morgan fingerprint density at radius 3 is 3.33 bits per heavy atom. The Hall–Kier alpha value is -1.01. The second-order valence-corrected chi connectivity index (χ2v) is 3.85. The number of thioether (sulfide) groups is 1. The molecule has 0 aromatic carbocycles. The summed E-state index contributed by atoms with van der Waals surface area (Å²) < 4.78 is 0. The number of rotatable bonds is 0. The summed E-state index contributed by atoms with van der Waals surface area (Å²) >= 11 is 1.91. The molecule has 2 rings (SSSR count). The lowest BCUT2D eigenvalue weighted by Gasteiger charge is -2.13. The number of fused-ring (bicyclic) bond motifs is 1. The molecular weight excluding hydrogens is 168 g/mol. The van der Waals surface area contributed by atoms with Gasteiger partial charge in [0.15, 0.2) is 0 Å². The summed E-state index contributed by atoms with van der Waals surface area (Å²) in [6.07, 6.45) is 2.71. The minimum absolute atomic E-state index is 0.677. The molecule has 0 amide bonds. The first-order valence-electron chi connectivity index (χ1n) is 3.86. The SMILES string of the molecule is N#Cc1cnc2c(c1)CSCC2. The summed E-state index contributed by atoms with van der Waals surface area (Å²) in [5.74, 6) is 2.17. The smallest absolute Gasteiger partial charge is 0.101 e. The Morgan fingerprint density at radius 1 is 1.58 bits per heavy atom. The van der Waals surface area contributed by atoms with Crippen LogP contribution < -0.4 is 0 Å². The van der Waals surface area contributed by atoms with Crippen LogP contribution in [-0.2, 0) is 12.2 Å². The quantitative estimate of drug-likeness (QED) is 0.604. The lowest BCUT2D eigenvalue weighted by molar-refractivity contribution is 0.988. The molecular formula is C9H8N2S. The van der Waals surface area contributed by atoms with E-state index in [2.05, 4.69) is 11.1 Å². The van der Waals surface area contributed by atoms with Crippen molar-refractivity contribution in [2.45, 2.75) is 12.2 Å². The predicted octanol–water partition coefficient (Wildman–Crippen LogP) is 1.74. The fraction of sp³-hybridized carbons (Fsp3) is 0.333. The molecule has 1 aromatic heterocycles. The van der Waals surface area contributed by atoms with Crippen LogP contribution in [0.5, 0.6) is 0 Å². The second-order valence-electron chi connectivity index (χ2n) is 2.74. The first-order chi connectivity index (χ1) is 5.90. The van der Waals surface area contributed by atoms with Gasteiger partial charge in [-0.25, -0.2) is 0 Å². The standard InChI is InChI=1S/C9H8N2S/c10-4-7-3-8-6-12-2-1-9(8)11-5-7/h3,5H,1-2,6H2. The highest BCUT2D eigenvalue weighted by molar-refractivity contribution is 7.98. The third kappa shape index (κ3) is 1.30. The van der Waals surface area contributed by atoms with Crippen molar-refractivity contribution >= 4 is 11.8 Å². The maximum absolute atomic E-state index is 8.64. The summed E-state index contributed by atoms with van der Waals surface area (Å²) in [7, 11) is 0. The van der Waals surface area contributed by atoms with E-state index >= 15 is 0 Å². The number of aromatic nitrogens is 1. The molecule has 0 radical (unpaired) electrons. The molecule has 0 unspecified atom stereocenters. The van der Waals surface area contributed by atoms with Gasteiger partial charge < -0.3 is 0 Å². The molecule has 1 aliphatic rings. The van der Waals surface area contributed by atoms with E-state index in [-0.39, 0.29) is 0 Å². The predicted molar refractivity (Wildman–Crippen MR) is 48.8 cm³/mol. The molecule has 0 saturated heterocycles. The van der Waals surface area contributed by atoms with E-state index in [4.69, 9.17) is 5.26 Å². The highest BCUT2D eigenvalue weighted by Gasteiger charge is 2.10. The molecule has 0 aliphatic carbocycles. The molecule has 1 aromatic rings. The highest BCUT2D eigenvalue weighted by atomic mass is 32.2. The van der Waals surface area contributed by atoms with Gasteiger partial charge in [-0.3, -0.25) is 4.98 Å². The monoisotopic (exact) mass is 176 g/mol. The number of nitriles is 1. The average Bonchev–Trinajstić information content (AvgIpc) is 2.17. The van der Waals surface area contributed by atoms with Crippen molar-refractivity contribution in [2.24, 2.45) is 0 Å². The molecule has 0 atom stereocenters. The Kier molecular flexibility index (Phi) is 2.01. The summed E-state index contributed by atoms with van der Waals surface area (Å²) in [4.78, 5) is 4.25. The van der Waals surface area contributed by atoms with Gasteiger partial charge in [-0.15, -0.1) is 0 Å². The van der Waals surface area contributed by atoms with Crippen molar-refractivity contribution in [3.63, 3.8) is 0 Å². The topological polar surface area (TPSA) is 36.7 Å². The summed E-state index contributed by atoms with van der Waals surface area (Å²) in [6.45, 7) is 0. The van der Waals surface area contributed by atoms with Gasteiger partial charge in [-0.05, 0) is 23.8 Å². The molecule has 12 heavy (non-hydrogen) atoms. The van der Waals surface area contributed by atoms with Crippen molar-refractivity contribution in [2.75, 3.05) is 5.75 Å². The second kappa shape index (κ2) is 3.16. The van der Waals surface area contributed by atoms with Crippen LogP contribution in [0, 0.1) is 11.3 Å². The van der Waals surface area contributed by atoms with Crippen molar-refractivity contribution in [3.05, 3.63) is 29.1 Å². The fourth-order valence-corrected chi connectivity index (χ4v) is 2.25. The molecule has 0 spiro atoms. The van der Waals surface area contributed by atoms with Crippen molar-refractivity contribution in [1.82, 2.24) is 4.98 Å². The number of hydrogen-bond acceptors (Lipinski definition) is 3. The Morgan fingerprint density at radius 2 is 2.50 bits per heavy atom. The minimum Gasteiger partial charge on any atom is -0.260 e. The number of hydrogen-bond donors (Lipinski definition) is 0. The first-order valence-corrected chi connectivity index (χ1v) is 5.01. The molecule has 0 fully saturated rings. The Labute approximate surface area is 75.6 Å². The van der Waals surface area contributed by atoms with Gasteiger partial charge in [0.1, 0.15) is 6.07 Å². The zero-order valence-corrected chi connectivity index (χ0v) is 7.40. The van der Waals surface area contributed by atoms with E-state index in [0.29, 0.717) is 5.56 Å². The Balaban J connectivity index is 2.44. The van der Waals surface area contributed by atoms with E-state index in [1.54, 1.807) is 6.20 Å². The van der Waals surface area contributed by atoms with Crippen LogP contribution in [0.4, 0.5) is 0 Å². The molecule has 3 heteroatoms. The van der Waals surface area contributed by atoms with Gasteiger partial charge in [-0.1, -0.05) is 0 Å². The third-order valence-corrected chi connectivity index (χ3v) is 2.94. The summed E-state index contributed by atoms with van der Waals surface area (Å²) in [5.41, 5.74) is 3.09. The molecule has 2 heterocycles. The first kappa shape index (κ1) is 7.63. The van der Waals surface area contributed by atoms with E-state index in [1.807, 2.05) is 17.8 Å². The van der Waals surface area contributed by atoms with Gasteiger partial charge in [-0.2, -0.15) is 17.0 Å². The van der Waals surface area contributed by atoms with Crippen LogP contribution in [0.25, 0.3) is 0 Å². The van der Waals surface area contributed by atoms with Crippen molar-refractivity contribution in [3.8, 4) is 6.07 Å². The van der Waals surface area contributed by atoms with Gasteiger partial charge in [0.05, 0.1) is 5.56 Å². The van der Waals surface area contributed by atoms with Crippen LogP contribution in [0.3, 0.4) is 0 Å². The van der Waals surface area contributed by atoms with Crippen molar-refractivity contribution < 1.29 is 0 Å². The van der Waals surface area contributed by atoms with Crippen LogP contribution in [0.2, 0.25) is 0 Å².